The molecule has 0 fully saturated rings. The Morgan fingerprint density at radius 2 is 1.58 bits per heavy atom. The lowest BCUT2D eigenvalue weighted by atomic mass is 9.68. The van der Waals surface area contributed by atoms with Crippen molar-refractivity contribution in [2.45, 2.75) is 25.5 Å². The van der Waals surface area contributed by atoms with E-state index in [1.165, 1.54) is 0 Å². The summed E-state index contributed by atoms with van der Waals surface area (Å²) in [6.45, 7) is 4.04. The minimum absolute atomic E-state index is 0.0528. The van der Waals surface area contributed by atoms with Gasteiger partial charge in [0.05, 0.1) is 6.04 Å². The molecule has 0 spiro atoms. The molecule has 2 atom stereocenters. The fourth-order valence-electron chi connectivity index (χ4n) is 3.16. The van der Waals surface area contributed by atoms with Gasteiger partial charge in [-0.05, 0) is 28.2 Å². The van der Waals surface area contributed by atoms with Crippen LogP contribution in [-0.4, -0.2) is 5.11 Å². The molecule has 2 heteroatoms. The monoisotopic (exact) mass is 253 g/mol. The van der Waals surface area contributed by atoms with E-state index >= 15 is 0 Å². The zero-order valence-corrected chi connectivity index (χ0v) is 11.3. The fourth-order valence-corrected chi connectivity index (χ4v) is 3.16. The van der Waals surface area contributed by atoms with Crippen molar-refractivity contribution in [1.82, 2.24) is 0 Å². The van der Waals surface area contributed by atoms with Gasteiger partial charge < -0.3 is 10.8 Å². The van der Waals surface area contributed by atoms with E-state index in [-0.39, 0.29) is 5.92 Å². The molecule has 0 heterocycles. The Kier molecular flexibility index (Phi) is 2.73. The van der Waals surface area contributed by atoms with Crippen molar-refractivity contribution in [3.63, 3.8) is 0 Å². The van der Waals surface area contributed by atoms with Crippen LogP contribution in [0.1, 0.15) is 31.0 Å². The fraction of sp³-hybridized carbons (Fsp3) is 0.294. The highest BCUT2D eigenvalue weighted by atomic mass is 16.3. The third kappa shape index (κ3) is 1.57. The van der Waals surface area contributed by atoms with Crippen molar-refractivity contribution in [3.8, 4) is 11.1 Å². The number of hydrogen-bond acceptors (Lipinski definition) is 2. The molecule has 0 amide bonds. The standard InChI is InChI=1S/C17H19NO/c1-11(2)17(19)15-10-6-5-8-13(15)12-7-3-4-9-14(12)16(17)18/h3-11,16,19H,18H2,1-2H3/t16-,17+/m0/s1. The maximum Gasteiger partial charge on any atom is 0.112 e. The predicted octanol–water partition coefficient (Wildman–Crippen LogP) is 3.21. The zero-order valence-electron chi connectivity index (χ0n) is 11.3. The molecular weight excluding hydrogens is 234 g/mol. The molecule has 0 radical (unpaired) electrons. The molecule has 3 N–H and O–H groups in total. The zero-order chi connectivity index (χ0) is 13.6. The third-order valence-corrected chi connectivity index (χ3v) is 4.30. The average Bonchev–Trinajstić information content (AvgIpc) is 2.44. The van der Waals surface area contributed by atoms with Gasteiger partial charge in [-0.2, -0.15) is 0 Å². The van der Waals surface area contributed by atoms with Gasteiger partial charge in [-0.3, -0.25) is 0 Å². The second kappa shape index (κ2) is 4.19. The first-order valence-electron chi connectivity index (χ1n) is 6.73. The van der Waals surface area contributed by atoms with Gasteiger partial charge in [0.15, 0.2) is 0 Å². The van der Waals surface area contributed by atoms with Crippen LogP contribution in [0.25, 0.3) is 11.1 Å². The number of fused-ring (bicyclic) bond motifs is 3. The molecular formula is C17H19NO. The second-order valence-electron chi connectivity index (χ2n) is 5.59. The number of nitrogens with two attached hydrogens (primary N) is 1. The second-order valence-corrected chi connectivity index (χ2v) is 5.59. The molecule has 0 unspecified atom stereocenters. The molecule has 0 saturated carbocycles. The molecule has 3 rings (SSSR count). The summed E-state index contributed by atoms with van der Waals surface area (Å²) in [6.07, 6.45) is 0. The first-order chi connectivity index (χ1) is 9.06. The summed E-state index contributed by atoms with van der Waals surface area (Å²) in [5, 5.41) is 11.2. The van der Waals surface area contributed by atoms with Gasteiger partial charge in [-0.25, -0.2) is 0 Å². The third-order valence-electron chi connectivity index (χ3n) is 4.30. The summed E-state index contributed by atoms with van der Waals surface area (Å²) in [5.41, 5.74) is 9.58. The van der Waals surface area contributed by atoms with E-state index in [2.05, 4.69) is 12.1 Å². The number of hydrogen-bond donors (Lipinski definition) is 2. The maximum absolute atomic E-state index is 11.2. The van der Waals surface area contributed by atoms with Crippen LogP contribution in [-0.2, 0) is 5.60 Å². The van der Waals surface area contributed by atoms with E-state index in [1.807, 2.05) is 50.2 Å². The van der Waals surface area contributed by atoms with E-state index in [1.54, 1.807) is 0 Å². The lowest BCUT2D eigenvalue weighted by Gasteiger charge is -2.43. The van der Waals surface area contributed by atoms with Gasteiger partial charge in [-0.15, -0.1) is 0 Å². The van der Waals surface area contributed by atoms with E-state index in [4.69, 9.17) is 5.73 Å². The Labute approximate surface area is 113 Å². The lowest BCUT2D eigenvalue weighted by molar-refractivity contribution is -0.0368. The van der Waals surface area contributed by atoms with Crippen molar-refractivity contribution < 1.29 is 5.11 Å². The number of aliphatic hydroxyl groups is 1. The summed E-state index contributed by atoms with van der Waals surface area (Å²) in [4.78, 5) is 0. The first-order valence-corrected chi connectivity index (χ1v) is 6.73. The van der Waals surface area contributed by atoms with Crippen LogP contribution in [0.2, 0.25) is 0 Å². The van der Waals surface area contributed by atoms with E-state index in [9.17, 15) is 5.11 Å². The van der Waals surface area contributed by atoms with Crippen molar-refractivity contribution in [3.05, 3.63) is 59.7 Å². The topological polar surface area (TPSA) is 46.2 Å². The minimum Gasteiger partial charge on any atom is -0.383 e. The molecule has 0 saturated heterocycles. The van der Waals surface area contributed by atoms with Crippen LogP contribution in [0.5, 0.6) is 0 Å². The van der Waals surface area contributed by atoms with E-state index in [0.717, 1.165) is 22.3 Å². The highest BCUT2D eigenvalue weighted by Gasteiger charge is 2.45. The molecule has 19 heavy (non-hydrogen) atoms. The Morgan fingerprint density at radius 1 is 1.00 bits per heavy atom. The molecule has 2 nitrogen and oxygen atoms in total. The summed E-state index contributed by atoms with van der Waals surface area (Å²) in [5.74, 6) is 0.0528. The van der Waals surface area contributed by atoms with Gasteiger partial charge in [0.1, 0.15) is 5.60 Å². The molecule has 1 aliphatic carbocycles. The molecule has 2 aromatic carbocycles. The maximum atomic E-state index is 11.2. The Bertz CT molecular complexity index is 620. The molecule has 0 bridgehead atoms. The number of rotatable bonds is 1. The lowest BCUT2D eigenvalue weighted by Crippen LogP contribution is -2.45. The summed E-state index contributed by atoms with van der Waals surface area (Å²) < 4.78 is 0. The molecule has 1 aliphatic rings. The highest BCUT2D eigenvalue weighted by Crippen LogP contribution is 2.50. The summed E-state index contributed by atoms with van der Waals surface area (Å²) >= 11 is 0. The van der Waals surface area contributed by atoms with Crippen molar-refractivity contribution in [2.24, 2.45) is 11.7 Å². The quantitative estimate of drug-likeness (QED) is 0.819. The van der Waals surface area contributed by atoms with Crippen LogP contribution in [0.3, 0.4) is 0 Å². The Hall–Kier alpha value is -1.64. The normalized spacial score (nSPS) is 25.0. The first kappa shape index (κ1) is 12.4. The SMILES string of the molecule is CC(C)[C@@]1(O)c2ccccc2-c2ccccc2[C@@H]1N. The Balaban J connectivity index is 2.36. The van der Waals surface area contributed by atoms with Gasteiger partial charge in [0.25, 0.3) is 0 Å². The van der Waals surface area contributed by atoms with Gasteiger partial charge in [0.2, 0.25) is 0 Å². The van der Waals surface area contributed by atoms with Gasteiger partial charge in [-0.1, -0.05) is 62.4 Å². The minimum atomic E-state index is -1.01. The average molecular weight is 253 g/mol. The van der Waals surface area contributed by atoms with Crippen molar-refractivity contribution >= 4 is 0 Å². The molecule has 98 valence electrons. The highest BCUT2D eigenvalue weighted by molar-refractivity contribution is 5.75. The Morgan fingerprint density at radius 3 is 2.26 bits per heavy atom. The van der Waals surface area contributed by atoms with Crippen LogP contribution in [0.4, 0.5) is 0 Å². The number of benzene rings is 2. The van der Waals surface area contributed by atoms with Gasteiger partial charge in [0, 0.05) is 0 Å². The van der Waals surface area contributed by atoms with Crippen LogP contribution < -0.4 is 5.73 Å². The summed E-state index contributed by atoms with van der Waals surface area (Å²) in [6, 6.07) is 15.7. The van der Waals surface area contributed by atoms with E-state index < -0.39 is 11.6 Å². The van der Waals surface area contributed by atoms with Crippen LogP contribution in [0, 0.1) is 5.92 Å². The van der Waals surface area contributed by atoms with E-state index in [0.29, 0.717) is 0 Å². The van der Waals surface area contributed by atoms with Crippen LogP contribution >= 0.6 is 0 Å². The molecule has 0 aromatic heterocycles. The molecule has 2 aromatic rings. The smallest absolute Gasteiger partial charge is 0.112 e. The predicted molar refractivity (Wildman–Crippen MR) is 77.5 cm³/mol. The summed E-state index contributed by atoms with van der Waals surface area (Å²) in [7, 11) is 0. The van der Waals surface area contributed by atoms with Gasteiger partial charge >= 0.3 is 0 Å². The van der Waals surface area contributed by atoms with Crippen LogP contribution in [0.15, 0.2) is 48.5 Å². The van der Waals surface area contributed by atoms with Crippen molar-refractivity contribution in [2.75, 3.05) is 0 Å². The van der Waals surface area contributed by atoms with Crippen molar-refractivity contribution in [1.29, 1.82) is 0 Å². The molecule has 0 aliphatic heterocycles. The largest absolute Gasteiger partial charge is 0.383 e.